The van der Waals surface area contributed by atoms with Gasteiger partial charge in [-0.25, -0.2) is 9.38 Å². The van der Waals surface area contributed by atoms with Gasteiger partial charge < -0.3 is 10.1 Å². The summed E-state index contributed by atoms with van der Waals surface area (Å²) in [6.45, 7) is 0.927. The van der Waals surface area contributed by atoms with E-state index < -0.39 is 5.25 Å². The van der Waals surface area contributed by atoms with Crippen LogP contribution >= 0.6 is 11.8 Å². The lowest BCUT2D eigenvalue weighted by atomic mass is 10.1. The van der Waals surface area contributed by atoms with Crippen LogP contribution in [-0.2, 0) is 22.4 Å². The Balaban J connectivity index is 1.41. The zero-order valence-electron chi connectivity index (χ0n) is 20.0. The van der Waals surface area contributed by atoms with Crippen molar-refractivity contribution in [2.75, 3.05) is 20.2 Å². The van der Waals surface area contributed by atoms with Gasteiger partial charge in [0.1, 0.15) is 16.8 Å². The molecule has 1 heterocycles. The Morgan fingerprint density at radius 1 is 1.00 bits per heavy atom. The van der Waals surface area contributed by atoms with Crippen LogP contribution in [-0.4, -0.2) is 47.3 Å². The van der Waals surface area contributed by atoms with Gasteiger partial charge in [-0.05, 0) is 60.4 Å². The molecule has 2 amide bonds. The van der Waals surface area contributed by atoms with Crippen LogP contribution in [0.4, 0.5) is 10.1 Å². The van der Waals surface area contributed by atoms with Gasteiger partial charge >= 0.3 is 0 Å². The Hall–Kier alpha value is -3.65. The fraction of sp³-hybridized carbons (Fsp3) is 0.250. The van der Waals surface area contributed by atoms with Crippen molar-refractivity contribution in [3.8, 4) is 5.75 Å². The van der Waals surface area contributed by atoms with Crippen LogP contribution in [0.2, 0.25) is 0 Å². The molecule has 1 aliphatic heterocycles. The molecule has 0 saturated carbocycles. The van der Waals surface area contributed by atoms with Crippen LogP contribution in [0.1, 0.15) is 17.5 Å². The molecule has 0 radical (unpaired) electrons. The average molecular weight is 506 g/mol. The molecule has 0 bridgehead atoms. The van der Waals surface area contributed by atoms with E-state index in [1.165, 1.54) is 23.9 Å². The summed E-state index contributed by atoms with van der Waals surface area (Å²) in [5, 5.41) is 2.87. The van der Waals surface area contributed by atoms with Crippen molar-refractivity contribution in [3.63, 3.8) is 0 Å². The zero-order chi connectivity index (χ0) is 25.3. The fourth-order valence-electron chi connectivity index (χ4n) is 3.82. The maximum atomic E-state index is 13.3. The van der Waals surface area contributed by atoms with Crippen molar-refractivity contribution in [1.82, 2.24) is 10.2 Å². The number of ether oxygens (including phenoxy) is 1. The highest BCUT2D eigenvalue weighted by molar-refractivity contribution is 8.15. The molecular formula is C28H28FN3O3S. The molecule has 36 heavy (non-hydrogen) atoms. The average Bonchev–Trinajstić information content (AvgIpc) is 3.18. The molecule has 1 saturated heterocycles. The number of hydrogen-bond donors (Lipinski definition) is 1. The predicted molar refractivity (Wildman–Crippen MR) is 141 cm³/mol. The summed E-state index contributed by atoms with van der Waals surface area (Å²) < 4.78 is 18.6. The molecule has 8 heteroatoms. The highest BCUT2D eigenvalue weighted by atomic mass is 32.2. The van der Waals surface area contributed by atoms with Gasteiger partial charge in [0, 0.05) is 19.5 Å². The molecule has 1 N–H and O–H groups in total. The van der Waals surface area contributed by atoms with Crippen molar-refractivity contribution < 1.29 is 18.7 Å². The van der Waals surface area contributed by atoms with Crippen molar-refractivity contribution in [2.24, 2.45) is 4.99 Å². The van der Waals surface area contributed by atoms with Crippen LogP contribution in [0, 0.1) is 5.82 Å². The third-order valence-corrected chi connectivity index (χ3v) is 6.98. The quantitative estimate of drug-likeness (QED) is 0.431. The van der Waals surface area contributed by atoms with Gasteiger partial charge in [-0.1, -0.05) is 54.2 Å². The molecule has 6 nitrogen and oxygen atoms in total. The van der Waals surface area contributed by atoms with Crippen LogP contribution in [0.15, 0.2) is 83.9 Å². The van der Waals surface area contributed by atoms with E-state index in [4.69, 9.17) is 4.74 Å². The minimum atomic E-state index is -0.559. The number of amides is 2. The lowest BCUT2D eigenvalue weighted by Gasteiger charge is -2.16. The highest BCUT2D eigenvalue weighted by Gasteiger charge is 2.38. The van der Waals surface area contributed by atoms with Crippen LogP contribution in [0.25, 0.3) is 0 Å². The minimum Gasteiger partial charge on any atom is -0.497 e. The third kappa shape index (κ3) is 6.95. The highest BCUT2D eigenvalue weighted by Crippen LogP contribution is 2.32. The van der Waals surface area contributed by atoms with Gasteiger partial charge in [0.2, 0.25) is 11.8 Å². The second kappa shape index (κ2) is 12.4. The Morgan fingerprint density at radius 2 is 1.69 bits per heavy atom. The molecule has 0 spiro atoms. The largest absolute Gasteiger partial charge is 0.497 e. The number of aliphatic imine (C=N–C) groups is 1. The molecule has 186 valence electrons. The maximum absolute atomic E-state index is 13.3. The molecule has 4 rings (SSSR count). The fourth-order valence-corrected chi connectivity index (χ4v) is 5.01. The summed E-state index contributed by atoms with van der Waals surface area (Å²) in [7, 11) is 1.62. The standard InChI is InChI=1S/C28H28FN3O3S/c1-35-24-13-7-21(8-14-24)16-18-32-27(34)25(36-28(32)31-23-11-9-22(29)10-12-23)19-26(33)30-17-15-20-5-3-2-4-6-20/h2-14,25H,15-19H2,1H3,(H,30,33)/t25-/m0/s1. The second-order valence-corrected chi connectivity index (χ2v) is 9.52. The summed E-state index contributed by atoms with van der Waals surface area (Å²) in [5.74, 6) is 0.0986. The molecule has 3 aromatic rings. The molecule has 3 aromatic carbocycles. The van der Waals surface area contributed by atoms with E-state index in [0.717, 1.165) is 23.3 Å². The first-order chi connectivity index (χ1) is 17.5. The van der Waals surface area contributed by atoms with Crippen molar-refractivity contribution in [3.05, 3.63) is 95.8 Å². The molecule has 0 aromatic heterocycles. The smallest absolute Gasteiger partial charge is 0.242 e. The Kier molecular flexibility index (Phi) is 8.73. The summed E-state index contributed by atoms with van der Waals surface area (Å²) in [5.41, 5.74) is 2.74. The predicted octanol–water partition coefficient (Wildman–Crippen LogP) is 4.76. The van der Waals surface area contributed by atoms with Gasteiger partial charge in [-0.3, -0.25) is 14.5 Å². The van der Waals surface area contributed by atoms with Gasteiger partial charge in [0.15, 0.2) is 5.17 Å². The normalized spacial score (nSPS) is 16.4. The van der Waals surface area contributed by atoms with E-state index in [2.05, 4.69) is 10.3 Å². The van der Waals surface area contributed by atoms with Crippen LogP contribution in [0.3, 0.4) is 0 Å². The first kappa shape index (κ1) is 25.4. The van der Waals surface area contributed by atoms with Gasteiger partial charge in [-0.2, -0.15) is 0 Å². The number of carbonyl (C=O) groups excluding carboxylic acids is 2. The van der Waals surface area contributed by atoms with Crippen LogP contribution < -0.4 is 10.1 Å². The second-order valence-electron chi connectivity index (χ2n) is 8.35. The molecule has 1 atom stereocenters. The summed E-state index contributed by atoms with van der Waals surface area (Å²) in [4.78, 5) is 32.1. The van der Waals surface area contributed by atoms with Gasteiger partial charge in [0.25, 0.3) is 0 Å². The zero-order valence-corrected chi connectivity index (χ0v) is 20.8. The number of carbonyl (C=O) groups is 2. The lowest BCUT2D eigenvalue weighted by Crippen LogP contribution is -2.36. The molecule has 0 unspecified atom stereocenters. The van der Waals surface area contributed by atoms with Crippen molar-refractivity contribution >= 4 is 34.4 Å². The van der Waals surface area contributed by atoms with Gasteiger partial charge in [-0.15, -0.1) is 0 Å². The first-order valence-electron chi connectivity index (χ1n) is 11.8. The maximum Gasteiger partial charge on any atom is 0.242 e. The van der Waals surface area contributed by atoms with E-state index in [1.807, 2.05) is 54.6 Å². The van der Waals surface area contributed by atoms with E-state index in [1.54, 1.807) is 24.1 Å². The Bertz CT molecular complexity index is 1200. The van der Waals surface area contributed by atoms with Crippen molar-refractivity contribution in [1.29, 1.82) is 0 Å². The van der Waals surface area contributed by atoms with E-state index in [9.17, 15) is 14.0 Å². The SMILES string of the molecule is COc1ccc(CCN2C(=O)[C@H](CC(=O)NCCc3ccccc3)SC2=Nc2ccc(F)cc2)cc1. The number of thioether (sulfide) groups is 1. The number of benzene rings is 3. The monoisotopic (exact) mass is 505 g/mol. The lowest BCUT2D eigenvalue weighted by molar-refractivity contribution is -0.129. The Labute approximate surface area is 214 Å². The molecule has 1 aliphatic rings. The summed E-state index contributed by atoms with van der Waals surface area (Å²) >= 11 is 1.28. The number of nitrogens with one attached hydrogen (secondary N) is 1. The summed E-state index contributed by atoms with van der Waals surface area (Å²) in [6.07, 6.45) is 1.41. The van der Waals surface area contributed by atoms with E-state index in [0.29, 0.717) is 30.4 Å². The number of amidine groups is 1. The minimum absolute atomic E-state index is 0.0692. The third-order valence-electron chi connectivity index (χ3n) is 5.80. The number of rotatable bonds is 10. The van der Waals surface area contributed by atoms with E-state index in [-0.39, 0.29) is 24.1 Å². The Morgan fingerprint density at radius 3 is 2.39 bits per heavy atom. The van der Waals surface area contributed by atoms with Crippen LogP contribution in [0.5, 0.6) is 5.75 Å². The molecular weight excluding hydrogens is 477 g/mol. The first-order valence-corrected chi connectivity index (χ1v) is 12.7. The number of halogens is 1. The number of nitrogens with zero attached hydrogens (tertiary/aromatic N) is 2. The molecule has 0 aliphatic carbocycles. The van der Waals surface area contributed by atoms with E-state index >= 15 is 0 Å². The van der Waals surface area contributed by atoms with Crippen molar-refractivity contribution in [2.45, 2.75) is 24.5 Å². The number of methoxy groups -OCH3 is 1. The summed E-state index contributed by atoms with van der Waals surface area (Å²) in [6, 6.07) is 23.4. The number of hydrogen-bond acceptors (Lipinski definition) is 5. The molecule has 1 fully saturated rings. The topological polar surface area (TPSA) is 71.0 Å². The van der Waals surface area contributed by atoms with Gasteiger partial charge in [0.05, 0.1) is 12.8 Å².